The zero-order valence-electron chi connectivity index (χ0n) is 38.7. The maximum Gasteiger partial charge on any atom is 0.341 e. The van der Waals surface area contributed by atoms with Gasteiger partial charge in [-0.15, -0.1) is 0 Å². The second-order valence-corrected chi connectivity index (χ2v) is 19.9. The number of aromatic nitrogens is 1. The van der Waals surface area contributed by atoms with Gasteiger partial charge >= 0.3 is 23.9 Å². The lowest BCUT2D eigenvalue weighted by molar-refractivity contribution is -0.158. The third kappa shape index (κ3) is 15.2. The van der Waals surface area contributed by atoms with Crippen LogP contribution in [0.3, 0.4) is 0 Å². The topological polar surface area (TPSA) is 175 Å². The van der Waals surface area contributed by atoms with Crippen molar-refractivity contribution in [2.45, 2.75) is 98.0 Å². The zero-order chi connectivity index (χ0) is 46.4. The van der Waals surface area contributed by atoms with E-state index in [2.05, 4.69) is 0 Å². The highest BCUT2D eigenvalue weighted by Crippen LogP contribution is 2.38. The number of halogens is 1. The number of fused-ring (bicyclic) bond motifs is 1. The van der Waals surface area contributed by atoms with Crippen LogP contribution in [0.15, 0.2) is 23.1 Å². The molecule has 17 nitrogen and oxygen atoms in total. The summed E-state index contributed by atoms with van der Waals surface area (Å²) in [7, 11) is 0. The Hall–Kier alpha value is -4.65. The summed E-state index contributed by atoms with van der Waals surface area (Å²) in [5.74, 6) is -3.26. The van der Waals surface area contributed by atoms with Gasteiger partial charge < -0.3 is 33.7 Å². The fourth-order valence-electron chi connectivity index (χ4n) is 7.78. The van der Waals surface area contributed by atoms with Gasteiger partial charge in [-0.2, -0.15) is 0 Å². The number of piperazine rings is 1. The van der Waals surface area contributed by atoms with Crippen LogP contribution in [0.2, 0.25) is 0 Å². The average Bonchev–Trinajstić information content (AvgIpc) is 3.99. The number of pyridine rings is 1. The normalized spacial score (nSPS) is 18.7. The quantitative estimate of drug-likeness (QED) is 0.258. The Morgan fingerprint density at radius 1 is 0.619 bits per heavy atom. The molecule has 3 aliphatic rings. The molecule has 0 radical (unpaired) electrons. The van der Waals surface area contributed by atoms with Crippen molar-refractivity contribution in [1.82, 2.24) is 29.1 Å². The van der Waals surface area contributed by atoms with E-state index < -0.39 is 34.0 Å². The van der Waals surface area contributed by atoms with Gasteiger partial charge in [0.1, 0.15) is 28.2 Å². The number of esters is 3. The minimum Gasteiger partial charge on any atom is -0.477 e. The van der Waals surface area contributed by atoms with E-state index in [4.69, 9.17) is 14.2 Å². The van der Waals surface area contributed by atoms with Gasteiger partial charge in [0.2, 0.25) is 11.3 Å². The molecule has 3 heterocycles. The molecule has 1 saturated carbocycles. The molecule has 1 amide bonds. The number of hydrogen-bond acceptors (Lipinski definition) is 14. The third-order valence-electron chi connectivity index (χ3n) is 10.9. The minimum atomic E-state index is -1.35. The van der Waals surface area contributed by atoms with Gasteiger partial charge in [0.25, 0.3) is 0 Å². The van der Waals surface area contributed by atoms with Crippen LogP contribution in [0.5, 0.6) is 0 Å². The third-order valence-corrected chi connectivity index (χ3v) is 10.9. The van der Waals surface area contributed by atoms with Crippen molar-refractivity contribution in [3.05, 3.63) is 39.9 Å². The summed E-state index contributed by atoms with van der Waals surface area (Å²) in [6.07, 6.45) is 3.02. The SMILES string of the molecule is CC(C)(C)OC(=O)CN1CCN(CC(=O)OC(C)(C)C)CCN(CC(=O)N2CCN(c3cc4c(cc3F)c(=O)c(C(=O)O)cn4C3CC3)CC2)CCN(CC(=O)OC(C)(C)C)CC1. The predicted octanol–water partition coefficient (Wildman–Crippen LogP) is 3.07. The molecular formula is C45H68FN7O10. The minimum absolute atomic E-state index is 0.00883. The molecule has 1 aliphatic carbocycles. The molecule has 0 unspecified atom stereocenters. The first-order valence-corrected chi connectivity index (χ1v) is 22.0. The van der Waals surface area contributed by atoms with Crippen molar-refractivity contribution in [2.24, 2.45) is 0 Å². The summed E-state index contributed by atoms with van der Waals surface area (Å²) in [6.45, 7) is 21.0. The van der Waals surface area contributed by atoms with E-state index in [1.807, 2.05) is 86.8 Å². The molecule has 1 aromatic carbocycles. The molecule has 1 N–H and O–H groups in total. The number of ether oxygens (including phenoxy) is 3. The van der Waals surface area contributed by atoms with Crippen LogP contribution in [0.25, 0.3) is 10.9 Å². The van der Waals surface area contributed by atoms with Crippen molar-refractivity contribution in [1.29, 1.82) is 0 Å². The van der Waals surface area contributed by atoms with Crippen molar-refractivity contribution in [2.75, 3.05) is 110 Å². The molecule has 2 saturated heterocycles. The standard InChI is InChI=1S/C45H68FN7O10/c1-43(2,3)61-38(55)28-48-14-12-47(13-15-49(29-39(56)62-44(4,5)6)17-19-50(18-16-48)30-40(57)63-45(7,8)9)27-37(54)52-22-20-51(21-23-52)36-25-35-32(24-34(36)46)41(58)33(42(59)60)26-53(35)31-10-11-31/h24-26,31H,10-23,27-30H2,1-9H3,(H,59,60). The summed E-state index contributed by atoms with van der Waals surface area (Å²) in [5, 5.41) is 9.66. The molecule has 0 spiro atoms. The number of carboxylic acid groups (broad SMARTS) is 1. The van der Waals surface area contributed by atoms with Crippen LogP contribution in [0.1, 0.15) is 91.6 Å². The van der Waals surface area contributed by atoms with E-state index >= 15 is 4.39 Å². The Labute approximate surface area is 369 Å². The van der Waals surface area contributed by atoms with Crippen molar-refractivity contribution in [3.8, 4) is 0 Å². The Balaban J connectivity index is 1.31. The summed E-state index contributed by atoms with van der Waals surface area (Å²) < 4.78 is 34.5. The van der Waals surface area contributed by atoms with Crippen LogP contribution in [-0.4, -0.2) is 185 Å². The van der Waals surface area contributed by atoms with Gasteiger partial charge in [-0.3, -0.25) is 43.6 Å². The molecule has 2 aliphatic heterocycles. The number of rotatable bonds is 11. The Morgan fingerprint density at radius 2 is 1.02 bits per heavy atom. The van der Waals surface area contributed by atoms with Gasteiger partial charge in [-0.25, -0.2) is 9.18 Å². The first-order chi connectivity index (χ1) is 29.3. The number of anilines is 1. The number of nitrogens with zero attached hydrogens (tertiary/aromatic N) is 7. The van der Waals surface area contributed by atoms with E-state index in [0.29, 0.717) is 84.1 Å². The molecule has 2 aromatic rings. The maximum atomic E-state index is 15.7. The smallest absolute Gasteiger partial charge is 0.341 e. The average molecular weight is 886 g/mol. The molecule has 1 aromatic heterocycles. The number of hydrogen-bond donors (Lipinski definition) is 1. The molecular weight excluding hydrogens is 818 g/mol. The molecule has 18 heteroatoms. The Bertz CT molecular complexity index is 2000. The number of benzene rings is 1. The maximum absolute atomic E-state index is 15.7. The Kier molecular flexibility index (Phi) is 16.0. The van der Waals surface area contributed by atoms with Gasteiger partial charge in [0.15, 0.2) is 0 Å². The van der Waals surface area contributed by atoms with Gasteiger partial charge in [0.05, 0.1) is 37.4 Å². The van der Waals surface area contributed by atoms with Crippen molar-refractivity contribution >= 4 is 46.4 Å². The molecule has 3 fully saturated rings. The van der Waals surface area contributed by atoms with Crippen LogP contribution >= 0.6 is 0 Å². The highest BCUT2D eigenvalue weighted by Gasteiger charge is 2.31. The second-order valence-electron chi connectivity index (χ2n) is 19.9. The molecule has 5 rings (SSSR count). The highest BCUT2D eigenvalue weighted by atomic mass is 19.1. The number of aromatic carboxylic acids is 1. The highest BCUT2D eigenvalue weighted by molar-refractivity contribution is 5.93. The van der Waals surface area contributed by atoms with E-state index in [1.54, 1.807) is 15.5 Å². The fourth-order valence-corrected chi connectivity index (χ4v) is 7.78. The molecule has 63 heavy (non-hydrogen) atoms. The first-order valence-electron chi connectivity index (χ1n) is 22.0. The number of carbonyl (C=O) groups excluding carboxylic acids is 4. The van der Waals surface area contributed by atoms with Crippen LogP contribution < -0.4 is 10.3 Å². The lowest BCUT2D eigenvalue weighted by atomic mass is 10.1. The number of carboxylic acids is 1. The van der Waals surface area contributed by atoms with E-state index in [1.165, 1.54) is 6.20 Å². The second kappa shape index (κ2) is 20.5. The lowest BCUT2D eigenvalue weighted by Gasteiger charge is -2.38. The van der Waals surface area contributed by atoms with Crippen LogP contribution in [0, 0.1) is 5.82 Å². The summed E-state index contributed by atoms with van der Waals surface area (Å²) >= 11 is 0. The van der Waals surface area contributed by atoms with E-state index in [-0.39, 0.29) is 72.7 Å². The van der Waals surface area contributed by atoms with Crippen molar-refractivity contribution < 1.29 is 47.7 Å². The zero-order valence-corrected chi connectivity index (χ0v) is 38.7. The predicted molar refractivity (Wildman–Crippen MR) is 235 cm³/mol. The van der Waals surface area contributed by atoms with E-state index in [9.17, 15) is 33.9 Å². The van der Waals surface area contributed by atoms with Gasteiger partial charge in [-0.1, -0.05) is 0 Å². The van der Waals surface area contributed by atoms with Crippen LogP contribution in [0.4, 0.5) is 10.1 Å². The summed E-state index contributed by atoms with van der Waals surface area (Å²) in [4.78, 5) is 89.6. The van der Waals surface area contributed by atoms with Gasteiger partial charge in [-0.05, 0) is 87.3 Å². The number of amides is 1. The number of carbonyl (C=O) groups is 5. The van der Waals surface area contributed by atoms with Crippen molar-refractivity contribution in [3.63, 3.8) is 0 Å². The molecule has 0 bridgehead atoms. The monoisotopic (exact) mass is 886 g/mol. The molecule has 0 atom stereocenters. The summed E-state index contributed by atoms with van der Waals surface area (Å²) in [6, 6.07) is 2.79. The summed E-state index contributed by atoms with van der Waals surface area (Å²) in [5.41, 5.74) is -2.38. The van der Waals surface area contributed by atoms with Crippen LogP contribution in [-0.2, 0) is 33.4 Å². The Morgan fingerprint density at radius 3 is 1.38 bits per heavy atom. The first kappa shape index (κ1) is 49.4. The van der Waals surface area contributed by atoms with Gasteiger partial charge in [0, 0.05) is 96.2 Å². The van der Waals surface area contributed by atoms with E-state index in [0.717, 1.165) is 18.9 Å². The lowest BCUT2D eigenvalue weighted by Crippen LogP contribution is -2.53. The molecule has 350 valence electrons. The fraction of sp³-hybridized carbons (Fsp3) is 0.689. The largest absolute Gasteiger partial charge is 0.477 e.